The third-order valence-electron chi connectivity index (χ3n) is 7.31. The average molecular weight is 598 g/mol. The minimum absolute atomic E-state index is 0.0274. The number of hydrogen-bond donors (Lipinski definition) is 2. The van der Waals surface area contributed by atoms with Gasteiger partial charge in [0.05, 0.1) is 11.4 Å². The lowest BCUT2D eigenvalue weighted by molar-refractivity contribution is 0.402. The van der Waals surface area contributed by atoms with Crippen molar-refractivity contribution in [1.82, 2.24) is 14.1 Å². The molecule has 0 unspecified atom stereocenters. The van der Waals surface area contributed by atoms with Gasteiger partial charge in [0.2, 0.25) is 10.0 Å². The predicted octanol–water partition coefficient (Wildman–Crippen LogP) is 7.62. The van der Waals surface area contributed by atoms with Crippen molar-refractivity contribution in [2.45, 2.75) is 44.9 Å². The smallest absolute Gasteiger partial charge is 0.299 e. The number of para-hydroxylation sites is 1. The molecule has 1 aromatic heterocycles. The Morgan fingerprint density at radius 2 is 1.42 bits per heavy atom. The van der Waals surface area contributed by atoms with Crippen LogP contribution in [0.4, 0.5) is 11.4 Å². The second-order valence-electron chi connectivity index (χ2n) is 10.3. The second-order valence-corrected chi connectivity index (χ2v) is 12.2. The maximum atomic E-state index is 14.4. The first-order chi connectivity index (χ1) is 20.8. The minimum Gasteiger partial charge on any atom is -0.505 e. The zero-order valence-electron chi connectivity index (χ0n) is 24.5. The van der Waals surface area contributed by atoms with Crippen LogP contribution in [0.3, 0.4) is 0 Å². The van der Waals surface area contributed by atoms with E-state index in [2.05, 4.69) is 15.3 Å². The summed E-state index contributed by atoms with van der Waals surface area (Å²) in [6.45, 7) is 6.41. The molecule has 222 valence electrons. The summed E-state index contributed by atoms with van der Waals surface area (Å²) < 4.78 is 31.7. The molecule has 1 heterocycles. The summed E-state index contributed by atoms with van der Waals surface area (Å²) in [6, 6.07) is 25.0. The predicted molar refractivity (Wildman–Crippen MR) is 170 cm³/mol. The fraction of sp³-hybridized carbons (Fsp3) is 0.242. The van der Waals surface area contributed by atoms with Crippen molar-refractivity contribution in [2.24, 2.45) is 10.2 Å². The number of aromatic nitrogens is 2. The standard InChI is InChI=1S/C33H35N5O4S/c1-4-6-22-37(21-5-2)43(41,42)32-27-20-14-13-19-26(27)30(31(39)28(32)24-15-9-7-10-16-24)35-34-29-23(3)36-38(33(29)40)25-17-11-8-12-18-25/h7-20,36,39H,4-6,21-22H2,1-3H3. The van der Waals surface area contributed by atoms with Crippen LogP contribution >= 0.6 is 0 Å². The zero-order chi connectivity index (χ0) is 30.6. The van der Waals surface area contributed by atoms with E-state index < -0.39 is 15.6 Å². The molecule has 0 aliphatic heterocycles. The van der Waals surface area contributed by atoms with Crippen LogP contribution in [0.2, 0.25) is 0 Å². The second kappa shape index (κ2) is 12.8. The quantitative estimate of drug-likeness (QED) is 0.152. The van der Waals surface area contributed by atoms with Crippen molar-refractivity contribution < 1.29 is 13.5 Å². The molecule has 0 fully saturated rings. The lowest BCUT2D eigenvalue weighted by Gasteiger charge is -2.25. The SMILES string of the molecule is CCCCN(CCC)S(=O)(=O)c1c(-c2ccccc2)c(O)c(N=Nc2c(C)[nH]n(-c3ccccc3)c2=O)c2ccccc12. The summed E-state index contributed by atoms with van der Waals surface area (Å²) in [5.41, 5.74) is 1.58. The normalized spacial score (nSPS) is 12.1. The Balaban J connectivity index is 1.76. The first kappa shape index (κ1) is 29.9. The monoisotopic (exact) mass is 597 g/mol. The number of azo groups is 1. The number of nitrogens with one attached hydrogen (secondary N) is 1. The molecular weight excluding hydrogens is 562 g/mol. The Morgan fingerprint density at radius 3 is 2.07 bits per heavy atom. The number of aromatic hydroxyl groups is 1. The molecule has 9 nitrogen and oxygen atoms in total. The number of phenols is 1. The Bertz CT molecular complexity index is 1930. The third-order valence-corrected chi connectivity index (χ3v) is 9.30. The molecule has 10 heteroatoms. The van der Waals surface area contributed by atoms with Gasteiger partial charge in [0.15, 0.2) is 11.4 Å². The van der Waals surface area contributed by atoms with E-state index in [4.69, 9.17) is 0 Å². The summed E-state index contributed by atoms with van der Waals surface area (Å²) in [5, 5.41) is 24.4. The number of benzene rings is 4. The molecule has 0 amide bonds. The summed E-state index contributed by atoms with van der Waals surface area (Å²) in [6.07, 6.45) is 2.21. The van der Waals surface area contributed by atoms with Gasteiger partial charge in [0.25, 0.3) is 5.56 Å². The Kier molecular flexibility index (Phi) is 8.89. The van der Waals surface area contributed by atoms with E-state index in [1.165, 1.54) is 8.99 Å². The van der Waals surface area contributed by atoms with E-state index in [1.807, 2.05) is 38.1 Å². The highest BCUT2D eigenvalue weighted by Gasteiger charge is 2.32. The van der Waals surface area contributed by atoms with E-state index in [9.17, 15) is 18.3 Å². The Labute approximate surface area is 251 Å². The average Bonchev–Trinajstić information content (AvgIpc) is 3.31. The number of unbranched alkanes of at least 4 members (excludes halogenated alkanes) is 1. The number of aryl methyl sites for hydroxylation is 1. The highest BCUT2D eigenvalue weighted by atomic mass is 32.2. The topological polar surface area (TPSA) is 120 Å². The van der Waals surface area contributed by atoms with Gasteiger partial charge in [-0.2, -0.15) is 4.31 Å². The van der Waals surface area contributed by atoms with Crippen LogP contribution in [0, 0.1) is 6.92 Å². The number of sulfonamides is 1. The van der Waals surface area contributed by atoms with Crippen LogP contribution in [0.1, 0.15) is 38.8 Å². The van der Waals surface area contributed by atoms with Gasteiger partial charge in [0.1, 0.15) is 10.6 Å². The number of phenolic OH excluding ortho intramolecular Hbond substituents is 1. The van der Waals surface area contributed by atoms with E-state index >= 15 is 0 Å². The van der Waals surface area contributed by atoms with Crippen molar-refractivity contribution in [2.75, 3.05) is 13.1 Å². The Hall–Kier alpha value is -4.54. The Morgan fingerprint density at radius 1 is 0.814 bits per heavy atom. The van der Waals surface area contributed by atoms with Gasteiger partial charge in [-0.05, 0) is 37.5 Å². The van der Waals surface area contributed by atoms with Gasteiger partial charge in [-0.3, -0.25) is 9.89 Å². The maximum absolute atomic E-state index is 14.4. The highest BCUT2D eigenvalue weighted by Crippen LogP contribution is 2.49. The number of fused-ring (bicyclic) bond motifs is 1. The van der Waals surface area contributed by atoms with Crippen LogP contribution in [0.5, 0.6) is 5.75 Å². The van der Waals surface area contributed by atoms with Crippen LogP contribution in [0.15, 0.2) is 105 Å². The molecule has 0 spiro atoms. The zero-order valence-corrected chi connectivity index (χ0v) is 25.3. The van der Waals surface area contributed by atoms with Crippen molar-refractivity contribution in [1.29, 1.82) is 0 Å². The molecule has 0 saturated carbocycles. The van der Waals surface area contributed by atoms with Crippen molar-refractivity contribution in [3.8, 4) is 22.6 Å². The van der Waals surface area contributed by atoms with Crippen LogP contribution in [-0.2, 0) is 10.0 Å². The molecule has 4 aromatic carbocycles. The summed E-state index contributed by atoms with van der Waals surface area (Å²) in [7, 11) is -4.05. The van der Waals surface area contributed by atoms with Gasteiger partial charge >= 0.3 is 0 Å². The van der Waals surface area contributed by atoms with Crippen molar-refractivity contribution >= 4 is 32.2 Å². The van der Waals surface area contributed by atoms with Crippen LogP contribution < -0.4 is 5.56 Å². The summed E-state index contributed by atoms with van der Waals surface area (Å²) in [5.74, 6) is -0.323. The molecule has 0 saturated heterocycles. The van der Waals surface area contributed by atoms with Gasteiger partial charge in [-0.25, -0.2) is 13.1 Å². The van der Waals surface area contributed by atoms with Gasteiger partial charge < -0.3 is 5.11 Å². The van der Waals surface area contributed by atoms with Gasteiger partial charge in [-0.1, -0.05) is 93.1 Å². The van der Waals surface area contributed by atoms with Gasteiger partial charge in [-0.15, -0.1) is 10.2 Å². The molecule has 0 radical (unpaired) electrons. The number of nitrogens with zero attached hydrogens (tertiary/aromatic N) is 4. The van der Waals surface area contributed by atoms with E-state index in [-0.39, 0.29) is 27.6 Å². The van der Waals surface area contributed by atoms with Crippen molar-refractivity contribution in [3.05, 3.63) is 101 Å². The molecule has 5 rings (SSSR count). The molecular formula is C33H35N5O4S. The van der Waals surface area contributed by atoms with Gasteiger partial charge in [0, 0.05) is 29.4 Å². The fourth-order valence-corrected chi connectivity index (χ4v) is 7.18. The van der Waals surface area contributed by atoms with Crippen LogP contribution in [0.25, 0.3) is 27.6 Å². The minimum atomic E-state index is -4.05. The summed E-state index contributed by atoms with van der Waals surface area (Å²) in [4.78, 5) is 13.3. The maximum Gasteiger partial charge on any atom is 0.299 e. The van der Waals surface area contributed by atoms with E-state index in [0.29, 0.717) is 53.6 Å². The number of H-pyrrole nitrogens is 1. The first-order valence-electron chi connectivity index (χ1n) is 14.4. The number of rotatable bonds is 11. The number of hydrogen-bond acceptors (Lipinski definition) is 6. The molecule has 0 aliphatic rings. The first-order valence-corrected chi connectivity index (χ1v) is 15.9. The third kappa shape index (κ3) is 5.76. The number of aromatic amines is 1. The molecule has 0 aliphatic carbocycles. The van der Waals surface area contributed by atoms with E-state index in [0.717, 1.165) is 6.42 Å². The molecule has 5 aromatic rings. The molecule has 43 heavy (non-hydrogen) atoms. The van der Waals surface area contributed by atoms with Crippen LogP contribution in [-0.4, -0.2) is 40.7 Å². The summed E-state index contributed by atoms with van der Waals surface area (Å²) >= 11 is 0. The molecule has 2 N–H and O–H groups in total. The lowest BCUT2D eigenvalue weighted by Crippen LogP contribution is -2.33. The lowest BCUT2D eigenvalue weighted by atomic mass is 9.98. The van der Waals surface area contributed by atoms with E-state index in [1.54, 1.807) is 67.6 Å². The molecule has 0 bridgehead atoms. The fourth-order valence-electron chi connectivity index (χ4n) is 5.20. The highest BCUT2D eigenvalue weighted by molar-refractivity contribution is 7.89. The molecule has 0 atom stereocenters. The van der Waals surface area contributed by atoms with Crippen molar-refractivity contribution in [3.63, 3.8) is 0 Å². The largest absolute Gasteiger partial charge is 0.505 e.